The van der Waals surface area contributed by atoms with E-state index in [2.05, 4.69) is 25.5 Å². The molecule has 2 aromatic rings. The van der Waals surface area contributed by atoms with Crippen molar-refractivity contribution in [1.29, 1.82) is 0 Å². The topological polar surface area (TPSA) is 99.6 Å². The van der Waals surface area contributed by atoms with E-state index in [1.54, 1.807) is 13.3 Å². The molecule has 1 fully saturated rings. The van der Waals surface area contributed by atoms with Gasteiger partial charge in [0.1, 0.15) is 18.2 Å². The Morgan fingerprint density at radius 3 is 2.97 bits per heavy atom. The van der Waals surface area contributed by atoms with Crippen LogP contribution in [0.15, 0.2) is 30.6 Å². The van der Waals surface area contributed by atoms with E-state index >= 15 is 0 Å². The van der Waals surface area contributed by atoms with Crippen molar-refractivity contribution in [3.05, 3.63) is 41.7 Å². The van der Waals surface area contributed by atoms with Crippen molar-refractivity contribution in [2.45, 2.75) is 38.4 Å². The second-order valence-electron chi connectivity index (χ2n) is 7.59. The number of anilines is 2. The van der Waals surface area contributed by atoms with Crippen LogP contribution in [0.5, 0.6) is 5.88 Å². The number of aromatic nitrogens is 2. The fourth-order valence-corrected chi connectivity index (χ4v) is 3.75. The van der Waals surface area contributed by atoms with Crippen LogP contribution in [0.25, 0.3) is 0 Å². The number of nitrogens with one attached hydrogen (secondary N) is 2. The molecule has 1 aromatic carbocycles. The molecule has 0 aliphatic carbocycles. The minimum atomic E-state index is -0.567. The van der Waals surface area contributed by atoms with E-state index in [1.807, 2.05) is 24.3 Å². The van der Waals surface area contributed by atoms with Crippen molar-refractivity contribution in [3.8, 4) is 5.88 Å². The van der Waals surface area contributed by atoms with E-state index in [0.29, 0.717) is 11.4 Å². The fourth-order valence-electron chi connectivity index (χ4n) is 3.75. The SMILES string of the molecule is C[C@@H](O)CNC(=O)c1ccc2c(c1)CCN2c1cc(OC2CCNCC2)ncn1. The van der Waals surface area contributed by atoms with Crippen molar-refractivity contribution in [1.82, 2.24) is 20.6 Å². The normalized spacial score (nSPS) is 17.7. The Balaban J connectivity index is 1.48. The first-order valence-electron chi connectivity index (χ1n) is 10.2. The molecule has 1 amide bonds. The monoisotopic (exact) mass is 397 g/mol. The van der Waals surface area contributed by atoms with E-state index in [9.17, 15) is 9.90 Å². The first-order valence-corrected chi connectivity index (χ1v) is 10.2. The number of nitrogens with zero attached hydrogens (tertiary/aromatic N) is 3. The van der Waals surface area contributed by atoms with E-state index in [0.717, 1.165) is 56.0 Å². The largest absolute Gasteiger partial charge is 0.474 e. The zero-order valence-corrected chi connectivity index (χ0v) is 16.6. The Hall–Kier alpha value is -2.71. The highest BCUT2D eigenvalue weighted by molar-refractivity contribution is 5.95. The maximum atomic E-state index is 12.3. The van der Waals surface area contributed by atoms with Gasteiger partial charge in [0.15, 0.2) is 0 Å². The Morgan fingerprint density at radius 2 is 2.17 bits per heavy atom. The number of carbonyl (C=O) groups excluding carboxylic acids is 1. The highest BCUT2D eigenvalue weighted by Crippen LogP contribution is 2.35. The van der Waals surface area contributed by atoms with Crippen molar-refractivity contribution in [2.24, 2.45) is 0 Å². The van der Waals surface area contributed by atoms with Gasteiger partial charge in [-0.2, -0.15) is 0 Å². The van der Waals surface area contributed by atoms with Gasteiger partial charge in [-0.15, -0.1) is 0 Å². The molecule has 8 heteroatoms. The first kappa shape index (κ1) is 19.6. The van der Waals surface area contributed by atoms with Crippen molar-refractivity contribution in [3.63, 3.8) is 0 Å². The van der Waals surface area contributed by atoms with Crippen LogP contribution in [0.4, 0.5) is 11.5 Å². The summed E-state index contributed by atoms with van der Waals surface area (Å²) in [5, 5.41) is 15.4. The predicted octanol–water partition coefficient (Wildman–Crippen LogP) is 1.41. The molecular weight excluding hydrogens is 370 g/mol. The molecule has 3 heterocycles. The molecule has 2 aliphatic heterocycles. The van der Waals surface area contributed by atoms with Crippen LogP contribution in [-0.2, 0) is 6.42 Å². The molecule has 0 radical (unpaired) electrons. The number of amides is 1. The average molecular weight is 397 g/mol. The third-order valence-electron chi connectivity index (χ3n) is 5.27. The van der Waals surface area contributed by atoms with Gasteiger partial charge in [0, 0.05) is 30.4 Å². The van der Waals surface area contributed by atoms with Crippen LogP contribution in [0.2, 0.25) is 0 Å². The molecule has 154 valence electrons. The summed E-state index contributed by atoms with van der Waals surface area (Å²) in [5.74, 6) is 1.23. The van der Waals surface area contributed by atoms with Crippen LogP contribution in [0, 0.1) is 0 Å². The standard InChI is InChI=1S/C21H27N5O3/c1-14(27)12-23-21(28)16-2-3-18-15(10-16)6-9-26(18)19-11-20(25-13-24-19)29-17-4-7-22-8-5-17/h2-3,10-11,13-14,17,22,27H,4-9,12H2,1H3,(H,23,28)/t14-/m1/s1. The van der Waals surface area contributed by atoms with Crippen molar-refractivity contribution < 1.29 is 14.6 Å². The number of ether oxygens (including phenoxy) is 1. The lowest BCUT2D eigenvalue weighted by Crippen LogP contribution is -2.34. The van der Waals surface area contributed by atoms with E-state index in [-0.39, 0.29) is 18.6 Å². The van der Waals surface area contributed by atoms with Gasteiger partial charge in [0.2, 0.25) is 5.88 Å². The Labute approximate surface area is 170 Å². The number of aliphatic hydroxyl groups excluding tert-OH is 1. The summed E-state index contributed by atoms with van der Waals surface area (Å²) in [6.45, 7) is 4.61. The average Bonchev–Trinajstić information content (AvgIpc) is 3.16. The van der Waals surface area contributed by atoms with Crippen molar-refractivity contribution >= 4 is 17.4 Å². The maximum absolute atomic E-state index is 12.3. The molecule has 0 spiro atoms. The second-order valence-corrected chi connectivity index (χ2v) is 7.59. The molecule has 1 atom stereocenters. The minimum Gasteiger partial charge on any atom is -0.474 e. The van der Waals surface area contributed by atoms with Crippen LogP contribution in [0.3, 0.4) is 0 Å². The number of piperidine rings is 1. The molecule has 1 aromatic heterocycles. The molecule has 29 heavy (non-hydrogen) atoms. The summed E-state index contributed by atoms with van der Waals surface area (Å²) >= 11 is 0. The first-order chi connectivity index (χ1) is 14.1. The number of fused-ring (bicyclic) bond motifs is 1. The van der Waals surface area contributed by atoms with Gasteiger partial charge in [0.25, 0.3) is 5.91 Å². The summed E-state index contributed by atoms with van der Waals surface area (Å²) in [5.41, 5.74) is 2.75. The Bertz CT molecular complexity index is 867. The molecule has 3 N–H and O–H groups in total. The molecule has 0 bridgehead atoms. The van der Waals surface area contributed by atoms with Gasteiger partial charge in [-0.25, -0.2) is 9.97 Å². The minimum absolute atomic E-state index is 0.174. The number of carbonyl (C=O) groups is 1. The second kappa shape index (κ2) is 8.75. The van der Waals surface area contributed by atoms with E-state index < -0.39 is 6.10 Å². The summed E-state index contributed by atoms with van der Waals surface area (Å²) < 4.78 is 6.05. The number of benzene rings is 1. The number of hydrogen-bond acceptors (Lipinski definition) is 7. The van der Waals surface area contributed by atoms with Crippen LogP contribution in [0.1, 0.15) is 35.7 Å². The smallest absolute Gasteiger partial charge is 0.251 e. The number of hydrogen-bond donors (Lipinski definition) is 3. The molecular formula is C21H27N5O3. The summed E-state index contributed by atoms with van der Waals surface area (Å²) in [7, 11) is 0. The lowest BCUT2D eigenvalue weighted by atomic mass is 10.1. The molecule has 8 nitrogen and oxygen atoms in total. The van der Waals surface area contributed by atoms with Gasteiger partial charge >= 0.3 is 0 Å². The number of aliphatic hydroxyl groups is 1. The van der Waals surface area contributed by atoms with Crippen LogP contribution < -0.4 is 20.3 Å². The van der Waals surface area contributed by atoms with Crippen LogP contribution >= 0.6 is 0 Å². The molecule has 1 saturated heterocycles. The third kappa shape index (κ3) is 4.65. The zero-order valence-electron chi connectivity index (χ0n) is 16.6. The molecule has 0 saturated carbocycles. The Kier molecular flexibility index (Phi) is 5.92. The van der Waals surface area contributed by atoms with E-state index in [1.165, 1.54) is 0 Å². The van der Waals surface area contributed by atoms with Gasteiger partial charge in [-0.05, 0) is 63.0 Å². The Morgan fingerprint density at radius 1 is 1.34 bits per heavy atom. The van der Waals surface area contributed by atoms with Gasteiger partial charge in [-0.1, -0.05) is 0 Å². The highest BCUT2D eigenvalue weighted by atomic mass is 16.5. The lowest BCUT2D eigenvalue weighted by molar-refractivity contribution is 0.0924. The summed E-state index contributed by atoms with van der Waals surface area (Å²) in [6, 6.07) is 7.57. The highest BCUT2D eigenvalue weighted by Gasteiger charge is 2.24. The predicted molar refractivity (Wildman–Crippen MR) is 110 cm³/mol. The zero-order chi connectivity index (χ0) is 20.2. The third-order valence-corrected chi connectivity index (χ3v) is 5.27. The van der Waals surface area contributed by atoms with Crippen LogP contribution in [-0.4, -0.2) is 59.4 Å². The van der Waals surface area contributed by atoms with E-state index in [4.69, 9.17) is 4.74 Å². The summed E-state index contributed by atoms with van der Waals surface area (Å²) in [4.78, 5) is 23.1. The lowest BCUT2D eigenvalue weighted by Gasteiger charge is -2.24. The molecule has 2 aliphatic rings. The molecule has 0 unspecified atom stereocenters. The van der Waals surface area contributed by atoms with Crippen molar-refractivity contribution in [2.75, 3.05) is 31.1 Å². The van der Waals surface area contributed by atoms with Gasteiger partial charge in [0.05, 0.1) is 6.10 Å². The fraction of sp³-hybridized carbons (Fsp3) is 0.476. The molecule has 4 rings (SSSR count). The summed E-state index contributed by atoms with van der Waals surface area (Å²) in [6.07, 6.45) is 3.95. The van der Waals surface area contributed by atoms with Gasteiger partial charge < -0.3 is 25.4 Å². The maximum Gasteiger partial charge on any atom is 0.251 e. The quantitative estimate of drug-likeness (QED) is 0.678. The van der Waals surface area contributed by atoms with Gasteiger partial charge in [-0.3, -0.25) is 4.79 Å². The number of rotatable bonds is 6.